The molecule has 0 radical (unpaired) electrons. The number of hydrogen-bond donors (Lipinski definition) is 1. The Morgan fingerprint density at radius 1 is 1.41 bits per heavy atom. The second-order valence-electron chi connectivity index (χ2n) is 4.56. The van der Waals surface area contributed by atoms with Crippen molar-refractivity contribution in [2.24, 2.45) is 0 Å². The molecule has 0 saturated carbocycles. The molecule has 1 unspecified atom stereocenters. The number of likely N-dealkylation sites (N-methyl/N-ethyl adjacent to an activating group) is 1. The van der Waals surface area contributed by atoms with E-state index < -0.39 is 0 Å². The van der Waals surface area contributed by atoms with Gasteiger partial charge in [-0.1, -0.05) is 19.1 Å². The Morgan fingerprint density at radius 2 is 2.12 bits per heavy atom. The lowest BCUT2D eigenvalue weighted by atomic mass is 10.1. The Bertz CT molecular complexity index is 352. The molecule has 1 atom stereocenters. The minimum atomic E-state index is 0.424. The fourth-order valence-corrected chi connectivity index (χ4v) is 1.95. The summed E-state index contributed by atoms with van der Waals surface area (Å²) in [7, 11) is 1.74. The fraction of sp³-hybridized carbons (Fsp3) is 0.571. The van der Waals surface area contributed by atoms with E-state index in [4.69, 9.17) is 10.5 Å². The maximum Gasteiger partial charge on any atom is 0.0615 e. The van der Waals surface area contributed by atoms with Crippen LogP contribution in [-0.4, -0.2) is 31.2 Å². The summed E-state index contributed by atoms with van der Waals surface area (Å²) in [5, 5.41) is 0. The first kappa shape index (κ1) is 14.0. The molecule has 17 heavy (non-hydrogen) atoms. The highest BCUT2D eigenvalue weighted by molar-refractivity contribution is 5.48. The molecule has 1 aromatic carbocycles. The second-order valence-corrected chi connectivity index (χ2v) is 4.56. The van der Waals surface area contributed by atoms with E-state index in [0.717, 1.165) is 30.9 Å². The molecular formula is C14H24N2O. The summed E-state index contributed by atoms with van der Waals surface area (Å²) in [6.07, 6.45) is 0. The van der Waals surface area contributed by atoms with Crippen molar-refractivity contribution in [3.8, 4) is 0 Å². The predicted octanol–water partition coefficient (Wildman–Crippen LogP) is 2.43. The second kappa shape index (κ2) is 6.62. The molecular weight excluding hydrogens is 212 g/mol. The van der Waals surface area contributed by atoms with E-state index in [1.54, 1.807) is 7.11 Å². The fourth-order valence-electron chi connectivity index (χ4n) is 1.95. The third-order valence-electron chi connectivity index (χ3n) is 3.17. The Hall–Kier alpha value is -1.06. The van der Waals surface area contributed by atoms with Crippen LogP contribution < -0.4 is 5.73 Å². The van der Waals surface area contributed by atoms with Crippen molar-refractivity contribution < 1.29 is 4.74 Å². The quantitative estimate of drug-likeness (QED) is 0.771. The summed E-state index contributed by atoms with van der Waals surface area (Å²) >= 11 is 0. The van der Waals surface area contributed by atoms with Crippen molar-refractivity contribution >= 4 is 5.69 Å². The number of benzene rings is 1. The smallest absolute Gasteiger partial charge is 0.0615 e. The first-order valence-electron chi connectivity index (χ1n) is 6.16. The Labute approximate surface area is 105 Å². The number of rotatable bonds is 6. The molecule has 0 aliphatic rings. The normalized spacial score (nSPS) is 13.0. The molecule has 3 nitrogen and oxygen atoms in total. The van der Waals surface area contributed by atoms with Gasteiger partial charge in [0.15, 0.2) is 0 Å². The molecule has 0 bridgehead atoms. The van der Waals surface area contributed by atoms with Crippen LogP contribution in [0.2, 0.25) is 0 Å². The van der Waals surface area contributed by atoms with Gasteiger partial charge < -0.3 is 10.5 Å². The molecule has 0 aliphatic carbocycles. The lowest BCUT2D eigenvalue weighted by Crippen LogP contribution is -2.35. The third-order valence-corrected chi connectivity index (χ3v) is 3.17. The monoisotopic (exact) mass is 236 g/mol. The lowest BCUT2D eigenvalue weighted by Gasteiger charge is -2.27. The van der Waals surface area contributed by atoms with E-state index in [1.165, 1.54) is 5.56 Å². The molecule has 2 N–H and O–H groups in total. The van der Waals surface area contributed by atoms with Crippen molar-refractivity contribution in [2.45, 2.75) is 33.4 Å². The summed E-state index contributed by atoms with van der Waals surface area (Å²) in [5.74, 6) is 0. The Balaban J connectivity index is 2.70. The van der Waals surface area contributed by atoms with E-state index >= 15 is 0 Å². The Kier molecular flexibility index (Phi) is 5.45. The van der Waals surface area contributed by atoms with Crippen LogP contribution in [0.4, 0.5) is 5.69 Å². The van der Waals surface area contributed by atoms with Crippen molar-refractivity contribution in [3.63, 3.8) is 0 Å². The van der Waals surface area contributed by atoms with Gasteiger partial charge in [-0.25, -0.2) is 0 Å². The van der Waals surface area contributed by atoms with Crippen LogP contribution in [0.3, 0.4) is 0 Å². The molecule has 1 rings (SSSR count). The van der Waals surface area contributed by atoms with Gasteiger partial charge in [0, 0.05) is 25.4 Å². The van der Waals surface area contributed by atoms with Gasteiger partial charge in [-0.3, -0.25) is 4.90 Å². The van der Waals surface area contributed by atoms with Crippen LogP contribution in [0.5, 0.6) is 0 Å². The number of nitrogens with two attached hydrogens (primary N) is 1. The summed E-state index contributed by atoms with van der Waals surface area (Å²) < 4.78 is 5.20. The van der Waals surface area contributed by atoms with E-state index in [9.17, 15) is 0 Å². The van der Waals surface area contributed by atoms with Gasteiger partial charge in [-0.15, -0.1) is 0 Å². The maximum atomic E-state index is 5.93. The number of aryl methyl sites for hydroxylation is 1. The van der Waals surface area contributed by atoms with Gasteiger partial charge in [0.1, 0.15) is 0 Å². The summed E-state index contributed by atoms with van der Waals surface area (Å²) in [5.41, 5.74) is 9.20. The van der Waals surface area contributed by atoms with Gasteiger partial charge in [0.25, 0.3) is 0 Å². The van der Waals surface area contributed by atoms with Crippen molar-refractivity contribution in [1.29, 1.82) is 0 Å². The van der Waals surface area contributed by atoms with E-state index in [1.807, 2.05) is 6.92 Å². The predicted molar refractivity (Wildman–Crippen MR) is 73.0 cm³/mol. The molecule has 0 fully saturated rings. The molecule has 0 heterocycles. The average molecular weight is 236 g/mol. The third kappa shape index (κ3) is 4.02. The van der Waals surface area contributed by atoms with Crippen LogP contribution in [-0.2, 0) is 11.3 Å². The zero-order chi connectivity index (χ0) is 12.8. The molecule has 1 aromatic rings. The first-order valence-corrected chi connectivity index (χ1v) is 6.16. The molecule has 0 spiro atoms. The van der Waals surface area contributed by atoms with Gasteiger partial charge in [0.05, 0.1) is 6.61 Å². The zero-order valence-corrected chi connectivity index (χ0v) is 11.4. The average Bonchev–Trinajstić information content (AvgIpc) is 2.30. The van der Waals surface area contributed by atoms with Crippen molar-refractivity contribution in [1.82, 2.24) is 4.90 Å². The standard InChI is InChI=1S/C14H24N2O/c1-5-16(12(3)10-17-4)9-13-7-6-11(2)14(15)8-13/h6-8,12H,5,9-10,15H2,1-4H3. The minimum absolute atomic E-state index is 0.424. The SMILES string of the molecule is CCN(Cc1ccc(C)c(N)c1)C(C)COC. The van der Waals surface area contributed by atoms with E-state index in [0.29, 0.717) is 6.04 Å². The van der Waals surface area contributed by atoms with Gasteiger partial charge in [-0.05, 0) is 37.6 Å². The molecule has 0 saturated heterocycles. The molecule has 0 aliphatic heterocycles. The number of anilines is 1. The number of nitrogens with zero attached hydrogens (tertiary/aromatic N) is 1. The highest BCUT2D eigenvalue weighted by atomic mass is 16.5. The maximum absolute atomic E-state index is 5.93. The molecule has 0 aromatic heterocycles. The van der Waals surface area contributed by atoms with Crippen LogP contribution >= 0.6 is 0 Å². The summed E-state index contributed by atoms with van der Waals surface area (Å²) in [4.78, 5) is 2.38. The number of hydrogen-bond acceptors (Lipinski definition) is 3. The van der Waals surface area contributed by atoms with Crippen LogP contribution in [0, 0.1) is 6.92 Å². The highest BCUT2D eigenvalue weighted by Gasteiger charge is 2.12. The summed E-state index contributed by atoms with van der Waals surface area (Å²) in [6.45, 7) is 9.08. The molecule has 3 heteroatoms. The largest absolute Gasteiger partial charge is 0.399 e. The lowest BCUT2D eigenvalue weighted by molar-refractivity contribution is 0.0982. The minimum Gasteiger partial charge on any atom is -0.399 e. The van der Waals surface area contributed by atoms with E-state index in [2.05, 4.69) is 36.9 Å². The molecule has 96 valence electrons. The summed E-state index contributed by atoms with van der Waals surface area (Å²) in [6, 6.07) is 6.72. The van der Waals surface area contributed by atoms with Gasteiger partial charge >= 0.3 is 0 Å². The number of nitrogen functional groups attached to an aromatic ring is 1. The Morgan fingerprint density at radius 3 is 2.65 bits per heavy atom. The zero-order valence-electron chi connectivity index (χ0n) is 11.4. The first-order chi connectivity index (χ1) is 8.08. The number of ether oxygens (including phenoxy) is 1. The highest BCUT2D eigenvalue weighted by Crippen LogP contribution is 2.15. The van der Waals surface area contributed by atoms with Gasteiger partial charge in [-0.2, -0.15) is 0 Å². The van der Waals surface area contributed by atoms with Crippen molar-refractivity contribution in [2.75, 3.05) is 26.0 Å². The van der Waals surface area contributed by atoms with Gasteiger partial charge in [0.2, 0.25) is 0 Å². The van der Waals surface area contributed by atoms with Crippen LogP contribution in [0.15, 0.2) is 18.2 Å². The topological polar surface area (TPSA) is 38.5 Å². The van der Waals surface area contributed by atoms with E-state index in [-0.39, 0.29) is 0 Å². The van der Waals surface area contributed by atoms with Crippen LogP contribution in [0.1, 0.15) is 25.0 Å². The van der Waals surface area contributed by atoms with Crippen molar-refractivity contribution in [3.05, 3.63) is 29.3 Å². The number of methoxy groups -OCH3 is 1. The van der Waals surface area contributed by atoms with Crippen LogP contribution in [0.25, 0.3) is 0 Å². The molecule has 0 amide bonds.